The third-order valence-corrected chi connectivity index (χ3v) is 7.57. The van der Waals surface area contributed by atoms with Crippen molar-refractivity contribution in [1.82, 2.24) is 4.90 Å². The summed E-state index contributed by atoms with van der Waals surface area (Å²) < 4.78 is 10.8. The molecule has 1 atom stereocenters. The smallest absolute Gasteiger partial charge is 0.268 e. The summed E-state index contributed by atoms with van der Waals surface area (Å²) in [6, 6.07) is 20.6. The van der Waals surface area contributed by atoms with Crippen LogP contribution in [0.1, 0.15) is 39.1 Å². The van der Waals surface area contributed by atoms with Gasteiger partial charge in [-0.2, -0.15) is 0 Å². The van der Waals surface area contributed by atoms with Crippen molar-refractivity contribution in [2.24, 2.45) is 5.92 Å². The topological polar surface area (TPSA) is 79.4 Å². The van der Waals surface area contributed by atoms with Crippen molar-refractivity contribution in [3.05, 3.63) is 83.4 Å². The number of rotatable bonds is 6. The van der Waals surface area contributed by atoms with Crippen LogP contribution in [0.5, 0.6) is 11.5 Å². The fourth-order valence-electron chi connectivity index (χ4n) is 5.55. The molecule has 3 amide bonds. The van der Waals surface area contributed by atoms with Crippen LogP contribution in [0.25, 0.3) is 0 Å². The number of nitrogens with zero attached hydrogens (tertiary/aromatic N) is 3. The largest absolute Gasteiger partial charge is 0.454 e. The number of carbonyl (C=O) groups excluding carboxylic acids is 3. The maximum atomic E-state index is 13.6. The molecule has 8 heteroatoms. The van der Waals surface area contributed by atoms with Crippen molar-refractivity contribution in [1.29, 1.82) is 0 Å². The van der Waals surface area contributed by atoms with Gasteiger partial charge in [-0.25, -0.2) is 4.90 Å². The van der Waals surface area contributed by atoms with Gasteiger partial charge in [-0.3, -0.25) is 14.4 Å². The first kappa shape index (κ1) is 24.0. The minimum atomic E-state index is -0.368. The highest BCUT2D eigenvalue weighted by molar-refractivity contribution is 6.36. The van der Waals surface area contributed by atoms with E-state index in [-0.39, 0.29) is 30.4 Å². The highest BCUT2D eigenvalue weighted by Crippen LogP contribution is 2.40. The second-order valence-electron chi connectivity index (χ2n) is 9.96. The molecule has 0 spiro atoms. The van der Waals surface area contributed by atoms with Gasteiger partial charge in [0.1, 0.15) is 0 Å². The zero-order chi connectivity index (χ0) is 26.2. The second-order valence-corrected chi connectivity index (χ2v) is 9.96. The lowest BCUT2D eigenvalue weighted by atomic mass is 9.94. The van der Waals surface area contributed by atoms with Gasteiger partial charge in [0.2, 0.25) is 12.7 Å². The standard InChI is InChI=1S/C30H29N3O5/c1-31(16-14-20-7-3-2-4-8-20)28(34)21-9-6-15-32(18-21)24-11-5-10-23-27(24)30(36)33(29(23)35)22-12-13-25-26(17-22)38-19-37-25/h2-5,7-8,10-13,17,21H,6,9,14-16,18-19H2,1H3/t21-/m1/s1. The number of likely N-dealkylation sites (N-methyl/N-ethyl adjacent to an activating group) is 1. The van der Waals surface area contributed by atoms with Crippen LogP contribution in [-0.2, 0) is 11.2 Å². The fraction of sp³-hybridized carbons (Fsp3) is 0.300. The van der Waals surface area contributed by atoms with Gasteiger partial charge in [-0.05, 0) is 49.1 Å². The molecule has 6 rings (SSSR count). The van der Waals surface area contributed by atoms with E-state index in [1.165, 1.54) is 10.5 Å². The Bertz CT molecular complexity index is 1410. The van der Waals surface area contributed by atoms with E-state index in [1.54, 1.807) is 30.3 Å². The first-order valence-corrected chi connectivity index (χ1v) is 13.0. The summed E-state index contributed by atoms with van der Waals surface area (Å²) in [6.07, 6.45) is 2.44. The van der Waals surface area contributed by atoms with E-state index in [0.717, 1.165) is 25.8 Å². The second kappa shape index (κ2) is 9.85. The van der Waals surface area contributed by atoms with Gasteiger partial charge in [0.05, 0.1) is 28.4 Å². The third kappa shape index (κ3) is 4.26. The molecule has 1 fully saturated rings. The molecule has 0 aliphatic carbocycles. The monoisotopic (exact) mass is 511 g/mol. The number of hydrogen-bond donors (Lipinski definition) is 0. The molecule has 0 radical (unpaired) electrons. The number of ether oxygens (including phenoxy) is 2. The van der Waals surface area contributed by atoms with Gasteiger partial charge in [-0.15, -0.1) is 0 Å². The van der Waals surface area contributed by atoms with Crippen LogP contribution in [0.2, 0.25) is 0 Å². The summed E-state index contributed by atoms with van der Waals surface area (Å²) in [5, 5.41) is 0. The molecular formula is C30H29N3O5. The molecule has 3 heterocycles. The summed E-state index contributed by atoms with van der Waals surface area (Å²) in [6.45, 7) is 1.99. The Hall–Kier alpha value is -4.33. The van der Waals surface area contributed by atoms with Crippen LogP contribution in [0.15, 0.2) is 66.7 Å². The SMILES string of the molecule is CN(CCc1ccccc1)C(=O)[C@@H]1CCCN(c2cccc3c2C(=O)N(c2ccc4c(c2)OCO4)C3=O)C1. The van der Waals surface area contributed by atoms with E-state index in [2.05, 4.69) is 17.0 Å². The molecule has 194 valence electrons. The average molecular weight is 512 g/mol. The lowest BCUT2D eigenvalue weighted by molar-refractivity contribution is -0.134. The van der Waals surface area contributed by atoms with Crippen molar-refractivity contribution in [3.8, 4) is 11.5 Å². The summed E-state index contributed by atoms with van der Waals surface area (Å²) in [5.74, 6) is 0.306. The van der Waals surface area contributed by atoms with E-state index in [1.807, 2.05) is 36.2 Å². The van der Waals surface area contributed by atoms with Gasteiger partial charge in [0.25, 0.3) is 11.8 Å². The number of amides is 3. The Kier molecular flexibility index (Phi) is 6.23. The molecule has 3 aliphatic heterocycles. The molecule has 3 aromatic carbocycles. The first-order chi connectivity index (χ1) is 18.5. The maximum Gasteiger partial charge on any atom is 0.268 e. The normalized spacial score (nSPS) is 18.1. The minimum Gasteiger partial charge on any atom is -0.454 e. The van der Waals surface area contributed by atoms with Crippen molar-refractivity contribution in [2.45, 2.75) is 19.3 Å². The van der Waals surface area contributed by atoms with E-state index in [9.17, 15) is 14.4 Å². The third-order valence-electron chi connectivity index (χ3n) is 7.57. The molecule has 0 saturated carbocycles. The number of anilines is 2. The van der Waals surface area contributed by atoms with Crippen LogP contribution in [0, 0.1) is 5.92 Å². The van der Waals surface area contributed by atoms with Crippen LogP contribution in [0.3, 0.4) is 0 Å². The van der Waals surface area contributed by atoms with Crippen LogP contribution in [0.4, 0.5) is 11.4 Å². The Balaban J connectivity index is 1.20. The van der Waals surface area contributed by atoms with E-state index < -0.39 is 0 Å². The van der Waals surface area contributed by atoms with Crippen LogP contribution >= 0.6 is 0 Å². The number of imide groups is 1. The molecule has 0 N–H and O–H groups in total. The van der Waals surface area contributed by atoms with Gasteiger partial charge in [0, 0.05) is 32.7 Å². The Morgan fingerprint density at radius 3 is 2.63 bits per heavy atom. The minimum absolute atomic E-state index is 0.112. The van der Waals surface area contributed by atoms with E-state index in [4.69, 9.17) is 9.47 Å². The average Bonchev–Trinajstić information content (AvgIpc) is 3.53. The molecular weight excluding hydrogens is 482 g/mol. The van der Waals surface area contributed by atoms with Crippen LogP contribution in [-0.4, -0.2) is 56.1 Å². The zero-order valence-electron chi connectivity index (χ0n) is 21.3. The first-order valence-electron chi connectivity index (χ1n) is 13.0. The molecule has 8 nitrogen and oxygen atoms in total. The lowest BCUT2D eigenvalue weighted by Crippen LogP contribution is -2.44. The van der Waals surface area contributed by atoms with E-state index in [0.29, 0.717) is 47.1 Å². The number of piperidine rings is 1. The fourth-order valence-corrected chi connectivity index (χ4v) is 5.55. The summed E-state index contributed by atoms with van der Waals surface area (Å²) in [4.78, 5) is 45.4. The Labute approximate surface area is 221 Å². The lowest BCUT2D eigenvalue weighted by Gasteiger charge is -2.36. The highest BCUT2D eigenvalue weighted by atomic mass is 16.7. The summed E-state index contributed by atoms with van der Waals surface area (Å²) >= 11 is 0. The molecule has 1 saturated heterocycles. The Morgan fingerprint density at radius 2 is 1.79 bits per heavy atom. The zero-order valence-corrected chi connectivity index (χ0v) is 21.3. The van der Waals surface area contributed by atoms with Crippen molar-refractivity contribution in [3.63, 3.8) is 0 Å². The molecule has 38 heavy (non-hydrogen) atoms. The van der Waals surface area contributed by atoms with Crippen molar-refractivity contribution >= 4 is 29.1 Å². The predicted molar refractivity (Wildman–Crippen MR) is 143 cm³/mol. The van der Waals surface area contributed by atoms with Crippen LogP contribution < -0.4 is 19.3 Å². The van der Waals surface area contributed by atoms with Gasteiger partial charge < -0.3 is 19.3 Å². The van der Waals surface area contributed by atoms with Gasteiger partial charge in [0.15, 0.2) is 11.5 Å². The molecule has 3 aromatic rings. The maximum absolute atomic E-state index is 13.6. The summed E-state index contributed by atoms with van der Waals surface area (Å²) in [7, 11) is 1.86. The summed E-state index contributed by atoms with van der Waals surface area (Å²) in [5.41, 5.74) is 3.11. The van der Waals surface area contributed by atoms with Crippen molar-refractivity contribution in [2.75, 3.05) is 43.3 Å². The molecule has 0 bridgehead atoms. The van der Waals surface area contributed by atoms with Gasteiger partial charge in [-0.1, -0.05) is 36.4 Å². The van der Waals surface area contributed by atoms with Gasteiger partial charge >= 0.3 is 0 Å². The number of hydrogen-bond acceptors (Lipinski definition) is 6. The number of carbonyl (C=O) groups is 3. The Morgan fingerprint density at radius 1 is 0.974 bits per heavy atom. The van der Waals surface area contributed by atoms with E-state index >= 15 is 0 Å². The molecule has 0 aromatic heterocycles. The number of benzene rings is 3. The quantitative estimate of drug-likeness (QED) is 0.463. The van der Waals surface area contributed by atoms with Crippen molar-refractivity contribution < 1.29 is 23.9 Å². The predicted octanol–water partition coefficient (Wildman–Crippen LogP) is 4.13. The number of fused-ring (bicyclic) bond motifs is 2. The highest BCUT2D eigenvalue weighted by Gasteiger charge is 2.41. The molecule has 0 unspecified atom stereocenters. The molecule has 3 aliphatic rings.